The van der Waals surface area contributed by atoms with Crippen LogP contribution in [0.15, 0.2) is 0 Å². The van der Waals surface area contributed by atoms with Crippen LogP contribution in [0.1, 0.15) is 348 Å². The molecule has 95 heavy (non-hydrogen) atoms. The number of carbonyl (C=O) groups excluding carboxylic acids is 1. The summed E-state index contributed by atoms with van der Waals surface area (Å²) in [5, 5.41) is 121. The zero-order valence-corrected chi connectivity index (χ0v) is 60.2. The van der Waals surface area contributed by atoms with Gasteiger partial charge < -0.3 is 89.9 Å². The average molecular weight is 1360 g/mol. The van der Waals surface area contributed by atoms with Gasteiger partial charge in [-0.3, -0.25) is 4.79 Å². The fourth-order valence-electron chi connectivity index (χ4n) is 14.0. The smallest absolute Gasteiger partial charge is 0.220 e. The van der Waals surface area contributed by atoms with Crippen molar-refractivity contribution in [2.45, 2.75) is 452 Å². The summed E-state index contributed by atoms with van der Waals surface area (Å²) in [4.78, 5) is 13.5. The molecule has 0 aliphatic carbocycles. The first-order chi connectivity index (χ1) is 46.3. The fourth-order valence-corrected chi connectivity index (χ4v) is 14.0. The van der Waals surface area contributed by atoms with Gasteiger partial charge in [0.25, 0.3) is 0 Å². The van der Waals surface area contributed by atoms with E-state index in [4.69, 9.17) is 28.4 Å². The van der Waals surface area contributed by atoms with E-state index in [0.29, 0.717) is 12.8 Å². The SMILES string of the molecule is CCCCCCCCCCCCCCCCCCCCCCCCCCCCCCCCC(O)C(COC1OC(CO)C(OC2OC(CO)C(OC3OC(CO)C(O)C(O)C3O)C(O)C2O)C(O)C1O)NC(=O)CCCCCCCCCCCCCCCCCCCCCC. The zero-order valence-electron chi connectivity index (χ0n) is 60.2. The maximum absolute atomic E-state index is 13.5. The largest absolute Gasteiger partial charge is 0.394 e. The van der Waals surface area contributed by atoms with Gasteiger partial charge in [-0.2, -0.15) is 0 Å². The molecule has 3 heterocycles. The van der Waals surface area contributed by atoms with Crippen LogP contribution >= 0.6 is 0 Å². The van der Waals surface area contributed by atoms with Crippen LogP contribution in [0, 0.1) is 0 Å². The Morgan fingerprint density at radius 3 is 0.916 bits per heavy atom. The molecule has 19 heteroatoms. The fraction of sp³-hybridized carbons (Fsp3) is 0.987. The van der Waals surface area contributed by atoms with Crippen molar-refractivity contribution >= 4 is 5.91 Å². The second-order valence-corrected chi connectivity index (χ2v) is 28.9. The van der Waals surface area contributed by atoms with Crippen molar-refractivity contribution in [2.75, 3.05) is 26.4 Å². The standard InChI is InChI=1S/C76H147NO18/c1-3-5-7-9-11-13-15-17-19-21-23-25-26-27-28-29-30-31-32-33-34-35-37-39-41-43-45-47-49-51-53-60(81)59(77-64(82)54-52-50-48-46-44-42-40-38-36-24-22-20-18-16-14-12-10-8-6-4-2)58-90-74-70(88)67(85)72(62(56-79)92-74)95-76-71(89)68(86)73(63(57-80)93-76)94-75-69(87)66(84)65(83)61(55-78)91-75/h59-63,65-76,78-81,83-89H,3-58H2,1-2H3,(H,77,82). The van der Waals surface area contributed by atoms with E-state index < -0.39 is 124 Å². The molecular formula is C76H147NO18. The van der Waals surface area contributed by atoms with Crippen molar-refractivity contribution < 1.29 is 89.4 Å². The summed E-state index contributed by atoms with van der Waals surface area (Å²) in [5.41, 5.74) is 0. The third-order valence-electron chi connectivity index (χ3n) is 20.4. The Kier molecular flexibility index (Phi) is 54.0. The quantitative estimate of drug-likeness (QED) is 0.0252. The normalized spacial score (nSPS) is 27.1. The number of ether oxygens (including phenoxy) is 6. The summed E-state index contributed by atoms with van der Waals surface area (Å²) >= 11 is 0. The lowest BCUT2D eigenvalue weighted by Crippen LogP contribution is -2.66. The van der Waals surface area contributed by atoms with Crippen LogP contribution in [0.2, 0.25) is 0 Å². The van der Waals surface area contributed by atoms with Crippen LogP contribution < -0.4 is 5.32 Å². The molecule has 0 aromatic heterocycles. The summed E-state index contributed by atoms with van der Waals surface area (Å²) in [6, 6.07) is -0.883. The Labute approximate surface area is 576 Å². The highest BCUT2D eigenvalue weighted by Gasteiger charge is 2.54. The first kappa shape index (κ1) is 88.0. The van der Waals surface area contributed by atoms with Gasteiger partial charge in [0.15, 0.2) is 18.9 Å². The number of unbranched alkanes of at least 4 members (excludes halogenated alkanes) is 48. The molecule has 0 aromatic rings. The Morgan fingerprint density at radius 1 is 0.337 bits per heavy atom. The van der Waals surface area contributed by atoms with Gasteiger partial charge in [-0.25, -0.2) is 0 Å². The minimum atomic E-state index is -1.97. The lowest BCUT2D eigenvalue weighted by molar-refractivity contribution is -0.379. The Balaban J connectivity index is 1.36. The summed E-state index contributed by atoms with van der Waals surface area (Å²) in [6.45, 7) is 1.87. The molecule has 0 aromatic carbocycles. The van der Waals surface area contributed by atoms with E-state index in [1.54, 1.807) is 0 Å². The second kappa shape index (κ2) is 58.3. The maximum atomic E-state index is 13.5. The molecular weight excluding hydrogens is 1210 g/mol. The Morgan fingerprint density at radius 2 is 0.600 bits per heavy atom. The molecule has 3 aliphatic rings. The highest BCUT2D eigenvalue weighted by Crippen LogP contribution is 2.33. The first-order valence-corrected chi connectivity index (χ1v) is 39.8. The summed E-state index contributed by atoms with van der Waals surface area (Å²) in [6.07, 6.45) is 39.1. The van der Waals surface area contributed by atoms with Gasteiger partial charge in [0.1, 0.15) is 73.2 Å². The Bertz CT molecular complexity index is 1720. The van der Waals surface area contributed by atoms with Crippen LogP contribution in [-0.4, -0.2) is 193 Å². The number of amides is 1. The van der Waals surface area contributed by atoms with Gasteiger partial charge in [-0.15, -0.1) is 0 Å². The zero-order chi connectivity index (χ0) is 68.9. The van der Waals surface area contributed by atoms with Gasteiger partial charge >= 0.3 is 0 Å². The molecule has 0 saturated carbocycles. The molecule has 17 unspecified atom stereocenters. The van der Waals surface area contributed by atoms with Crippen molar-refractivity contribution in [1.29, 1.82) is 0 Å². The lowest BCUT2D eigenvalue weighted by Gasteiger charge is -2.48. The van der Waals surface area contributed by atoms with Crippen molar-refractivity contribution in [3.63, 3.8) is 0 Å². The van der Waals surface area contributed by atoms with E-state index in [9.17, 15) is 61.0 Å². The summed E-state index contributed by atoms with van der Waals surface area (Å²) < 4.78 is 34.5. The lowest BCUT2D eigenvalue weighted by atomic mass is 9.96. The number of aliphatic hydroxyl groups is 11. The maximum Gasteiger partial charge on any atom is 0.220 e. The average Bonchev–Trinajstić information content (AvgIpc) is 0.787. The number of rotatable bonds is 64. The van der Waals surface area contributed by atoms with Crippen LogP contribution in [0.25, 0.3) is 0 Å². The van der Waals surface area contributed by atoms with Crippen molar-refractivity contribution in [1.82, 2.24) is 5.32 Å². The molecule has 1 amide bonds. The summed E-state index contributed by atoms with van der Waals surface area (Å²) in [7, 11) is 0. The highest BCUT2D eigenvalue weighted by atomic mass is 16.8. The number of nitrogens with one attached hydrogen (secondary N) is 1. The van der Waals surface area contributed by atoms with Gasteiger partial charge in [-0.05, 0) is 12.8 Å². The number of aliphatic hydroxyl groups excluding tert-OH is 11. The predicted molar refractivity (Wildman–Crippen MR) is 374 cm³/mol. The molecule has 3 rings (SSSR count). The number of hydrogen-bond donors (Lipinski definition) is 12. The van der Waals surface area contributed by atoms with E-state index in [0.717, 1.165) is 44.9 Å². The van der Waals surface area contributed by atoms with Crippen LogP contribution in [0.3, 0.4) is 0 Å². The van der Waals surface area contributed by atoms with E-state index in [-0.39, 0.29) is 18.9 Å². The second-order valence-electron chi connectivity index (χ2n) is 28.9. The predicted octanol–water partition coefficient (Wildman–Crippen LogP) is 12.6. The topological polar surface area (TPSA) is 307 Å². The van der Waals surface area contributed by atoms with Gasteiger partial charge in [0.2, 0.25) is 5.91 Å². The molecule has 3 aliphatic heterocycles. The third kappa shape index (κ3) is 39.1. The van der Waals surface area contributed by atoms with E-state index in [1.165, 1.54) is 270 Å². The van der Waals surface area contributed by atoms with Crippen molar-refractivity contribution in [3.8, 4) is 0 Å². The summed E-state index contributed by atoms with van der Waals surface area (Å²) in [5.74, 6) is -0.233. The van der Waals surface area contributed by atoms with E-state index in [1.807, 2.05) is 0 Å². The Hall–Kier alpha value is -1.21. The minimum Gasteiger partial charge on any atom is -0.394 e. The van der Waals surface area contributed by atoms with Crippen molar-refractivity contribution in [3.05, 3.63) is 0 Å². The van der Waals surface area contributed by atoms with E-state index >= 15 is 0 Å². The monoisotopic (exact) mass is 1360 g/mol. The van der Waals surface area contributed by atoms with Crippen LogP contribution in [0.5, 0.6) is 0 Å². The molecule has 0 radical (unpaired) electrons. The molecule has 17 atom stereocenters. The molecule has 12 N–H and O–H groups in total. The van der Waals surface area contributed by atoms with Crippen molar-refractivity contribution in [2.24, 2.45) is 0 Å². The van der Waals surface area contributed by atoms with E-state index in [2.05, 4.69) is 19.2 Å². The molecule has 0 bridgehead atoms. The van der Waals surface area contributed by atoms with Gasteiger partial charge in [0.05, 0.1) is 38.6 Å². The van der Waals surface area contributed by atoms with Gasteiger partial charge in [-0.1, -0.05) is 328 Å². The molecule has 3 fully saturated rings. The molecule has 564 valence electrons. The number of carbonyl (C=O) groups is 1. The molecule has 0 spiro atoms. The third-order valence-corrected chi connectivity index (χ3v) is 20.4. The number of hydrogen-bond acceptors (Lipinski definition) is 18. The molecule has 19 nitrogen and oxygen atoms in total. The highest BCUT2D eigenvalue weighted by molar-refractivity contribution is 5.76. The van der Waals surface area contributed by atoms with Crippen LogP contribution in [0.4, 0.5) is 0 Å². The molecule has 3 saturated heterocycles. The van der Waals surface area contributed by atoms with Gasteiger partial charge in [0, 0.05) is 6.42 Å². The first-order valence-electron chi connectivity index (χ1n) is 39.8. The minimum absolute atomic E-state index is 0.233. The van der Waals surface area contributed by atoms with Crippen LogP contribution in [-0.2, 0) is 33.2 Å².